The summed E-state index contributed by atoms with van der Waals surface area (Å²) < 4.78 is 11.4. The number of nitrogens with zero attached hydrogens (tertiary/aromatic N) is 1. The van der Waals surface area contributed by atoms with Crippen LogP contribution < -0.4 is 14.8 Å². The van der Waals surface area contributed by atoms with E-state index < -0.39 is 6.04 Å². The fourth-order valence-corrected chi connectivity index (χ4v) is 4.80. The highest BCUT2D eigenvalue weighted by atomic mass is 16.5. The average molecular weight is 392 g/mol. The van der Waals surface area contributed by atoms with Crippen molar-refractivity contribution in [2.24, 2.45) is 5.92 Å². The van der Waals surface area contributed by atoms with E-state index in [1.54, 1.807) is 6.07 Å². The molecule has 2 aromatic carbocycles. The zero-order valence-electron chi connectivity index (χ0n) is 16.2. The SMILES string of the molecule is O=C(Nc1ccc2c(c1)OCCCO2)C1C2CCC(C2)N1C(=O)c1ccccc1. The van der Waals surface area contributed by atoms with E-state index in [-0.39, 0.29) is 23.8 Å². The van der Waals surface area contributed by atoms with Gasteiger partial charge in [-0.15, -0.1) is 0 Å². The van der Waals surface area contributed by atoms with Gasteiger partial charge in [0.1, 0.15) is 6.04 Å². The number of hydrogen-bond acceptors (Lipinski definition) is 4. The van der Waals surface area contributed by atoms with Crippen LogP contribution in [-0.4, -0.2) is 42.0 Å². The van der Waals surface area contributed by atoms with Gasteiger partial charge in [-0.2, -0.15) is 0 Å². The van der Waals surface area contributed by atoms with Crippen LogP contribution in [0.25, 0.3) is 0 Å². The van der Waals surface area contributed by atoms with Gasteiger partial charge in [-0.3, -0.25) is 9.59 Å². The number of fused-ring (bicyclic) bond motifs is 3. The Morgan fingerprint density at radius 3 is 2.59 bits per heavy atom. The highest BCUT2D eigenvalue weighted by molar-refractivity contribution is 6.02. The lowest BCUT2D eigenvalue weighted by Gasteiger charge is -2.34. The molecule has 2 bridgehead atoms. The van der Waals surface area contributed by atoms with Crippen molar-refractivity contribution in [1.29, 1.82) is 0 Å². The highest BCUT2D eigenvalue weighted by Crippen LogP contribution is 2.43. The standard InChI is InChI=1S/C23H24N2O4/c26-22(24-17-8-10-19-20(14-17)29-12-4-11-28-19)21-16-7-9-18(13-16)25(21)23(27)15-5-2-1-3-6-15/h1-3,5-6,8,10,14,16,18,21H,4,7,9,11-13H2,(H,24,26). The molecule has 2 fully saturated rings. The Bertz CT molecular complexity index is 930. The molecule has 0 spiro atoms. The maximum Gasteiger partial charge on any atom is 0.254 e. The number of carbonyl (C=O) groups excluding carboxylic acids is 2. The molecule has 2 amide bonds. The van der Waals surface area contributed by atoms with E-state index >= 15 is 0 Å². The van der Waals surface area contributed by atoms with Crippen molar-refractivity contribution in [1.82, 2.24) is 4.90 Å². The van der Waals surface area contributed by atoms with E-state index in [2.05, 4.69) is 5.32 Å². The molecule has 29 heavy (non-hydrogen) atoms. The van der Waals surface area contributed by atoms with Crippen LogP contribution in [0.1, 0.15) is 36.0 Å². The first kappa shape index (κ1) is 18.0. The van der Waals surface area contributed by atoms with Crippen LogP contribution in [0.3, 0.4) is 0 Å². The van der Waals surface area contributed by atoms with Crippen LogP contribution in [0, 0.1) is 5.92 Å². The van der Waals surface area contributed by atoms with Crippen LogP contribution in [0.4, 0.5) is 5.69 Å². The van der Waals surface area contributed by atoms with Gasteiger partial charge < -0.3 is 19.7 Å². The summed E-state index contributed by atoms with van der Waals surface area (Å²) in [6.45, 7) is 1.22. The number of ether oxygens (including phenoxy) is 2. The first-order chi connectivity index (χ1) is 14.2. The van der Waals surface area contributed by atoms with Gasteiger partial charge in [0, 0.05) is 29.8 Å². The Hall–Kier alpha value is -3.02. The third-order valence-electron chi connectivity index (χ3n) is 6.12. The lowest BCUT2D eigenvalue weighted by molar-refractivity contribution is -0.121. The molecule has 2 heterocycles. The van der Waals surface area contributed by atoms with E-state index in [1.165, 1.54) is 0 Å². The number of hydrogen-bond donors (Lipinski definition) is 1. The minimum absolute atomic E-state index is 0.0587. The molecule has 6 heteroatoms. The van der Waals surface area contributed by atoms with Gasteiger partial charge in [-0.1, -0.05) is 18.2 Å². The number of carbonyl (C=O) groups is 2. The molecule has 6 nitrogen and oxygen atoms in total. The normalized spacial score (nSPS) is 24.8. The largest absolute Gasteiger partial charge is 0.490 e. The van der Waals surface area contributed by atoms with Crippen molar-refractivity contribution in [2.75, 3.05) is 18.5 Å². The minimum atomic E-state index is -0.433. The molecule has 2 aliphatic heterocycles. The van der Waals surface area contributed by atoms with Gasteiger partial charge in [-0.05, 0) is 49.4 Å². The molecule has 3 unspecified atom stereocenters. The molecule has 150 valence electrons. The van der Waals surface area contributed by atoms with Crippen molar-refractivity contribution in [3.8, 4) is 11.5 Å². The monoisotopic (exact) mass is 392 g/mol. The van der Waals surface area contributed by atoms with Gasteiger partial charge in [0.25, 0.3) is 5.91 Å². The fourth-order valence-electron chi connectivity index (χ4n) is 4.80. The number of nitrogens with one attached hydrogen (secondary N) is 1. The summed E-state index contributed by atoms with van der Waals surface area (Å²) in [5.74, 6) is 1.37. The molecule has 5 rings (SSSR count). The molecule has 1 saturated carbocycles. The zero-order chi connectivity index (χ0) is 19.8. The maximum atomic E-state index is 13.2. The van der Waals surface area contributed by atoms with E-state index in [9.17, 15) is 9.59 Å². The predicted molar refractivity (Wildman–Crippen MR) is 108 cm³/mol. The predicted octanol–water partition coefficient (Wildman–Crippen LogP) is 3.48. The van der Waals surface area contributed by atoms with Crippen molar-refractivity contribution in [3.05, 3.63) is 54.1 Å². The molecule has 2 aromatic rings. The summed E-state index contributed by atoms with van der Waals surface area (Å²) in [4.78, 5) is 28.2. The van der Waals surface area contributed by atoms with Crippen LogP contribution in [0.2, 0.25) is 0 Å². The molecular formula is C23H24N2O4. The maximum absolute atomic E-state index is 13.2. The quantitative estimate of drug-likeness (QED) is 0.868. The van der Waals surface area contributed by atoms with Crippen molar-refractivity contribution in [2.45, 2.75) is 37.8 Å². The Balaban J connectivity index is 1.37. The zero-order valence-corrected chi connectivity index (χ0v) is 16.2. The summed E-state index contributed by atoms with van der Waals surface area (Å²) in [5, 5.41) is 3.01. The second-order valence-electron chi connectivity index (χ2n) is 7.95. The van der Waals surface area contributed by atoms with E-state index in [0.717, 1.165) is 25.7 Å². The molecule has 3 aliphatic rings. The number of likely N-dealkylation sites (tertiary alicyclic amines) is 1. The Labute approximate surface area is 169 Å². The Morgan fingerprint density at radius 1 is 0.966 bits per heavy atom. The van der Waals surface area contributed by atoms with Crippen LogP contribution in [0.15, 0.2) is 48.5 Å². The average Bonchev–Trinajstić information content (AvgIpc) is 3.28. The topological polar surface area (TPSA) is 67.9 Å². The number of rotatable bonds is 3. The second-order valence-corrected chi connectivity index (χ2v) is 7.95. The third kappa shape index (κ3) is 3.33. The van der Waals surface area contributed by atoms with Crippen LogP contribution in [-0.2, 0) is 4.79 Å². The number of anilines is 1. The lowest BCUT2D eigenvalue weighted by Crippen LogP contribution is -2.50. The van der Waals surface area contributed by atoms with Gasteiger partial charge in [0.15, 0.2) is 11.5 Å². The van der Waals surface area contributed by atoms with Gasteiger partial charge in [0.2, 0.25) is 5.91 Å². The van der Waals surface area contributed by atoms with E-state index in [1.807, 2.05) is 47.4 Å². The van der Waals surface area contributed by atoms with Crippen LogP contribution in [0.5, 0.6) is 11.5 Å². The van der Waals surface area contributed by atoms with Crippen molar-refractivity contribution >= 4 is 17.5 Å². The van der Waals surface area contributed by atoms with Gasteiger partial charge >= 0.3 is 0 Å². The molecule has 0 radical (unpaired) electrons. The highest BCUT2D eigenvalue weighted by Gasteiger charge is 2.51. The number of benzene rings is 2. The summed E-state index contributed by atoms with van der Waals surface area (Å²) in [6.07, 6.45) is 3.69. The third-order valence-corrected chi connectivity index (χ3v) is 6.12. The number of piperidine rings is 1. The minimum Gasteiger partial charge on any atom is -0.490 e. The first-order valence-corrected chi connectivity index (χ1v) is 10.3. The van der Waals surface area contributed by atoms with Gasteiger partial charge in [0.05, 0.1) is 13.2 Å². The Morgan fingerprint density at radius 2 is 1.76 bits per heavy atom. The summed E-state index contributed by atoms with van der Waals surface area (Å²) in [6, 6.07) is 14.4. The van der Waals surface area contributed by atoms with Crippen molar-refractivity contribution in [3.63, 3.8) is 0 Å². The van der Waals surface area contributed by atoms with Gasteiger partial charge in [-0.25, -0.2) is 0 Å². The van der Waals surface area contributed by atoms with E-state index in [0.29, 0.717) is 36.0 Å². The molecular weight excluding hydrogens is 368 g/mol. The van der Waals surface area contributed by atoms with Crippen LogP contribution >= 0.6 is 0 Å². The lowest BCUT2D eigenvalue weighted by atomic mass is 9.97. The van der Waals surface area contributed by atoms with E-state index in [4.69, 9.17) is 9.47 Å². The number of amides is 2. The Kier molecular flexibility index (Phi) is 4.62. The molecule has 3 atom stereocenters. The first-order valence-electron chi connectivity index (χ1n) is 10.3. The summed E-state index contributed by atoms with van der Waals surface area (Å²) in [5.41, 5.74) is 1.29. The smallest absolute Gasteiger partial charge is 0.254 e. The second kappa shape index (κ2) is 7.43. The summed E-state index contributed by atoms with van der Waals surface area (Å²) >= 11 is 0. The molecule has 0 aromatic heterocycles. The molecule has 1 aliphatic carbocycles. The van der Waals surface area contributed by atoms with Crippen molar-refractivity contribution < 1.29 is 19.1 Å². The molecule has 1 saturated heterocycles. The summed E-state index contributed by atoms with van der Waals surface area (Å²) in [7, 11) is 0. The fraction of sp³-hybridized carbons (Fsp3) is 0.391. The molecule has 1 N–H and O–H groups in total.